The number of amides is 2. The molecule has 1 heterocycles. The number of carbonyl (C=O) groups is 1. The molecule has 1 aliphatic heterocycles. The molecule has 3 nitrogen and oxygen atoms in total. The molecule has 0 unspecified atom stereocenters. The van der Waals surface area contributed by atoms with Crippen molar-refractivity contribution >= 4 is 13.4 Å². The van der Waals surface area contributed by atoms with Crippen LogP contribution in [0.25, 0.3) is 0 Å². The summed E-state index contributed by atoms with van der Waals surface area (Å²) in [5.74, 6) is 0. The number of hydrogen-bond acceptors (Lipinski definition) is 1. The van der Waals surface area contributed by atoms with E-state index in [1.807, 2.05) is 6.82 Å². The largest absolute Gasteiger partial charge is 0.371 e. The number of nitrogens with zero attached hydrogens (tertiary/aromatic N) is 1. The van der Waals surface area contributed by atoms with Gasteiger partial charge in [-0.15, -0.1) is 0 Å². The van der Waals surface area contributed by atoms with Gasteiger partial charge in [0.1, 0.15) is 0 Å². The van der Waals surface area contributed by atoms with Gasteiger partial charge in [-0.1, -0.05) is 6.82 Å². The minimum absolute atomic E-state index is 0.0764. The minimum atomic E-state index is 0.0764. The van der Waals surface area contributed by atoms with E-state index in [1.165, 1.54) is 0 Å². The fourth-order valence-corrected chi connectivity index (χ4v) is 0.813. The molecule has 0 aromatic carbocycles. The van der Waals surface area contributed by atoms with Crippen molar-refractivity contribution in [3.8, 4) is 0 Å². The Balaban J connectivity index is 2.42. The van der Waals surface area contributed by atoms with Gasteiger partial charge in [0, 0.05) is 13.1 Å². The summed E-state index contributed by atoms with van der Waals surface area (Å²) in [6, 6.07) is 0.0764. The smallest absolute Gasteiger partial charge is 0.305 e. The third-order valence-corrected chi connectivity index (χ3v) is 1.33. The standard InChI is InChI=1S/C4H9BN2O/c1-5-7-3-2-6-4(7)8/h5H,2-3H2,1H3,(H,6,8). The Labute approximate surface area is 49.3 Å². The molecule has 0 atom stereocenters. The lowest BCUT2D eigenvalue weighted by Crippen LogP contribution is -2.29. The zero-order valence-corrected chi connectivity index (χ0v) is 4.98. The van der Waals surface area contributed by atoms with Gasteiger partial charge in [0.25, 0.3) is 0 Å². The van der Waals surface area contributed by atoms with Gasteiger partial charge >= 0.3 is 6.03 Å². The molecule has 4 heteroatoms. The van der Waals surface area contributed by atoms with E-state index in [0.717, 1.165) is 20.5 Å². The quantitative estimate of drug-likeness (QED) is 0.452. The molecular weight excluding hydrogens is 103 g/mol. The molecule has 0 bridgehead atoms. The van der Waals surface area contributed by atoms with Crippen molar-refractivity contribution in [2.45, 2.75) is 6.82 Å². The van der Waals surface area contributed by atoms with E-state index in [2.05, 4.69) is 5.32 Å². The summed E-state index contributed by atoms with van der Waals surface area (Å²) in [6.07, 6.45) is 0. The van der Waals surface area contributed by atoms with Crippen molar-refractivity contribution in [3.05, 3.63) is 0 Å². The second-order valence-corrected chi connectivity index (χ2v) is 1.81. The molecule has 1 rings (SSSR count). The summed E-state index contributed by atoms with van der Waals surface area (Å²) < 4.78 is 0. The van der Waals surface area contributed by atoms with Crippen LogP contribution in [0, 0.1) is 0 Å². The van der Waals surface area contributed by atoms with Crippen molar-refractivity contribution < 1.29 is 4.79 Å². The lowest BCUT2D eigenvalue weighted by atomic mass is 9.97. The van der Waals surface area contributed by atoms with Crippen LogP contribution in [0.15, 0.2) is 0 Å². The molecule has 0 aromatic rings. The lowest BCUT2D eigenvalue weighted by molar-refractivity contribution is 0.236. The topological polar surface area (TPSA) is 32.3 Å². The Hall–Kier alpha value is -0.665. The van der Waals surface area contributed by atoms with E-state index in [0.29, 0.717) is 0 Å². The molecule has 8 heavy (non-hydrogen) atoms. The van der Waals surface area contributed by atoms with E-state index in [4.69, 9.17) is 0 Å². The second-order valence-electron chi connectivity index (χ2n) is 1.81. The molecule has 1 fully saturated rings. The Morgan fingerprint density at radius 1 is 1.88 bits per heavy atom. The molecule has 1 N–H and O–H groups in total. The number of carbonyl (C=O) groups excluding carboxylic acids is 1. The predicted octanol–water partition coefficient (Wildman–Crippen LogP) is -0.589. The van der Waals surface area contributed by atoms with Crippen LogP contribution in [0.2, 0.25) is 6.82 Å². The van der Waals surface area contributed by atoms with Gasteiger partial charge in [0.05, 0.1) is 0 Å². The van der Waals surface area contributed by atoms with Crippen LogP contribution in [0.1, 0.15) is 0 Å². The van der Waals surface area contributed by atoms with Crippen LogP contribution >= 0.6 is 0 Å². The molecule has 0 aliphatic carbocycles. The zero-order chi connectivity index (χ0) is 5.98. The Morgan fingerprint density at radius 3 is 2.88 bits per heavy atom. The van der Waals surface area contributed by atoms with Gasteiger partial charge in [0.15, 0.2) is 0 Å². The third-order valence-electron chi connectivity index (χ3n) is 1.33. The van der Waals surface area contributed by atoms with E-state index in [-0.39, 0.29) is 6.03 Å². The van der Waals surface area contributed by atoms with Crippen LogP contribution in [0.5, 0.6) is 0 Å². The summed E-state index contributed by atoms with van der Waals surface area (Å²) in [4.78, 5) is 12.4. The van der Waals surface area contributed by atoms with Crippen LogP contribution in [0.4, 0.5) is 4.79 Å². The second kappa shape index (κ2) is 2.07. The van der Waals surface area contributed by atoms with Crippen LogP contribution in [-0.4, -0.2) is 31.3 Å². The Morgan fingerprint density at radius 2 is 2.62 bits per heavy atom. The zero-order valence-electron chi connectivity index (χ0n) is 4.98. The van der Waals surface area contributed by atoms with Gasteiger partial charge < -0.3 is 10.1 Å². The molecule has 0 aromatic heterocycles. The maximum absolute atomic E-state index is 10.6. The molecule has 1 aliphatic rings. The molecule has 0 spiro atoms. The summed E-state index contributed by atoms with van der Waals surface area (Å²) in [5.41, 5.74) is 0. The summed E-state index contributed by atoms with van der Waals surface area (Å²) in [5, 5.41) is 2.71. The van der Waals surface area contributed by atoms with Gasteiger partial charge in [-0.2, -0.15) is 0 Å². The number of rotatable bonds is 1. The first-order chi connectivity index (χ1) is 3.84. The summed E-state index contributed by atoms with van der Waals surface area (Å²) in [7, 11) is 0.825. The van der Waals surface area contributed by atoms with Gasteiger partial charge in [-0.05, 0) is 0 Å². The van der Waals surface area contributed by atoms with Crippen LogP contribution in [-0.2, 0) is 0 Å². The molecule has 44 valence electrons. The monoisotopic (exact) mass is 112 g/mol. The Bertz CT molecular complexity index is 106. The first-order valence-electron chi connectivity index (χ1n) is 2.87. The van der Waals surface area contributed by atoms with Crippen LogP contribution in [0.3, 0.4) is 0 Å². The van der Waals surface area contributed by atoms with Crippen LogP contribution < -0.4 is 5.32 Å². The van der Waals surface area contributed by atoms with Crippen molar-refractivity contribution in [3.63, 3.8) is 0 Å². The highest BCUT2D eigenvalue weighted by atomic mass is 16.2. The molecular formula is C4H9BN2O. The average Bonchev–Trinajstić information content (AvgIpc) is 2.14. The Kier molecular flexibility index (Phi) is 1.42. The van der Waals surface area contributed by atoms with Gasteiger partial charge in [-0.25, -0.2) is 0 Å². The minimum Gasteiger partial charge on any atom is -0.371 e. The fraction of sp³-hybridized carbons (Fsp3) is 0.750. The highest BCUT2D eigenvalue weighted by Crippen LogP contribution is 1.91. The van der Waals surface area contributed by atoms with Crippen molar-refractivity contribution in [1.82, 2.24) is 10.1 Å². The highest BCUT2D eigenvalue weighted by molar-refractivity contribution is 6.35. The average molecular weight is 112 g/mol. The van der Waals surface area contributed by atoms with Crippen molar-refractivity contribution in [2.24, 2.45) is 0 Å². The molecule has 0 radical (unpaired) electrons. The van der Waals surface area contributed by atoms with E-state index < -0.39 is 0 Å². The van der Waals surface area contributed by atoms with Crippen molar-refractivity contribution in [2.75, 3.05) is 13.1 Å². The fourth-order valence-electron chi connectivity index (χ4n) is 0.813. The van der Waals surface area contributed by atoms with E-state index in [9.17, 15) is 4.79 Å². The maximum Gasteiger partial charge on any atom is 0.305 e. The third kappa shape index (κ3) is 0.780. The number of hydrogen-bond donors (Lipinski definition) is 1. The normalized spacial score (nSPS) is 18.6. The van der Waals surface area contributed by atoms with Crippen molar-refractivity contribution in [1.29, 1.82) is 0 Å². The molecule has 2 amide bonds. The first-order valence-corrected chi connectivity index (χ1v) is 2.87. The predicted molar refractivity (Wildman–Crippen MR) is 33.1 cm³/mol. The number of nitrogens with one attached hydrogen (secondary N) is 1. The SMILES string of the molecule is CBN1CCNC1=O. The van der Waals surface area contributed by atoms with E-state index in [1.54, 1.807) is 4.81 Å². The molecule has 1 saturated heterocycles. The van der Waals surface area contributed by atoms with Gasteiger partial charge in [0.2, 0.25) is 7.41 Å². The highest BCUT2D eigenvalue weighted by Gasteiger charge is 2.16. The van der Waals surface area contributed by atoms with E-state index >= 15 is 0 Å². The summed E-state index contributed by atoms with van der Waals surface area (Å²) >= 11 is 0. The van der Waals surface area contributed by atoms with Gasteiger partial charge in [-0.3, -0.25) is 4.79 Å². The molecule has 0 saturated carbocycles. The first kappa shape index (κ1) is 5.47. The maximum atomic E-state index is 10.6. The summed E-state index contributed by atoms with van der Waals surface area (Å²) in [6.45, 7) is 3.66. The number of urea groups is 1. The lowest BCUT2D eigenvalue weighted by Gasteiger charge is -2.07.